The Kier molecular flexibility index (Phi) is 5.65. The molecular formula is C15H22O3. The van der Waals surface area contributed by atoms with Crippen LogP contribution >= 0.6 is 0 Å². The lowest BCUT2D eigenvalue weighted by Crippen LogP contribution is -2.20. The zero-order valence-corrected chi connectivity index (χ0v) is 10.8. The van der Waals surface area contributed by atoms with Crippen molar-refractivity contribution in [3.8, 4) is 0 Å². The van der Waals surface area contributed by atoms with Crippen LogP contribution in [0.3, 0.4) is 0 Å². The van der Waals surface area contributed by atoms with Crippen molar-refractivity contribution in [3.63, 3.8) is 0 Å². The predicted octanol–water partition coefficient (Wildman–Crippen LogP) is 2.16. The summed E-state index contributed by atoms with van der Waals surface area (Å²) in [6.07, 6.45) is 2.97. The van der Waals surface area contributed by atoms with Crippen molar-refractivity contribution in [2.75, 3.05) is 26.4 Å². The fraction of sp³-hybridized carbons (Fsp3) is 0.600. The minimum Gasteiger partial charge on any atom is -0.396 e. The van der Waals surface area contributed by atoms with Crippen molar-refractivity contribution >= 4 is 0 Å². The molecule has 18 heavy (non-hydrogen) atoms. The van der Waals surface area contributed by atoms with Crippen LogP contribution in [-0.4, -0.2) is 31.5 Å². The van der Waals surface area contributed by atoms with Crippen LogP contribution in [0.1, 0.15) is 24.0 Å². The number of aliphatic hydroxyl groups excluding tert-OH is 1. The van der Waals surface area contributed by atoms with Gasteiger partial charge in [0.2, 0.25) is 0 Å². The van der Waals surface area contributed by atoms with Gasteiger partial charge in [-0.05, 0) is 36.3 Å². The van der Waals surface area contributed by atoms with Crippen molar-refractivity contribution in [2.45, 2.75) is 25.9 Å². The van der Waals surface area contributed by atoms with E-state index in [0.717, 1.165) is 39.1 Å². The second kappa shape index (κ2) is 7.52. The summed E-state index contributed by atoms with van der Waals surface area (Å²) in [6, 6.07) is 8.27. The van der Waals surface area contributed by atoms with E-state index in [-0.39, 0.29) is 6.61 Å². The largest absolute Gasteiger partial charge is 0.396 e. The Morgan fingerprint density at radius 1 is 1.11 bits per heavy atom. The molecule has 0 unspecified atom stereocenters. The summed E-state index contributed by atoms with van der Waals surface area (Å²) >= 11 is 0. The molecule has 0 amide bonds. The molecule has 1 fully saturated rings. The van der Waals surface area contributed by atoms with Crippen molar-refractivity contribution in [2.24, 2.45) is 5.92 Å². The molecule has 100 valence electrons. The van der Waals surface area contributed by atoms with Gasteiger partial charge in [0, 0.05) is 19.8 Å². The first-order chi connectivity index (χ1) is 8.88. The highest BCUT2D eigenvalue weighted by Crippen LogP contribution is 2.15. The molecule has 3 heteroatoms. The van der Waals surface area contributed by atoms with E-state index in [1.807, 2.05) is 0 Å². The summed E-state index contributed by atoms with van der Waals surface area (Å²) < 4.78 is 11.1. The Hall–Kier alpha value is -0.900. The Balaban J connectivity index is 1.69. The van der Waals surface area contributed by atoms with Crippen LogP contribution < -0.4 is 0 Å². The molecule has 1 saturated heterocycles. The zero-order valence-electron chi connectivity index (χ0n) is 10.8. The van der Waals surface area contributed by atoms with E-state index in [1.165, 1.54) is 11.1 Å². The fourth-order valence-electron chi connectivity index (χ4n) is 2.19. The highest BCUT2D eigenvalue weighted by atomic mass is 16.5. The maximum atomic E-state index is 8.84. The van der Waals surface area contributed by atoms with E-state index < -0.39 is 0 Å². The second-order valence-electron chi connectivity index (χ2n) is 4.86. The van der Waals surface area contributed by atoms with Gasteiger partial charge >= 0.3 is 0 Å². The molecule has 1 aliphatic rings. The molecule has 1 aromatic carbocycles. The van der Waals surface area contributed by atoms with E-state index >= 15 is 0 Å². The van der Waals surface area contributed by atoms with Crippen LogP contribution in [0.2, 0.25) is 0 Å². The zero-order chi connectivity index (χ0) is 12.6. The number of aliphatic hydroxyl groups is 1. The van der Waals surface area contributed by atoms with Gasteiger partial charge < -0.3 is 14.6 Å². The van der Waals surface area contributed by atoms with Crippen LogP contribution in [0, 0.1) is 5.92 Å². The van der Waals surface area contributed by atoms with Gasteiger partial charge in [0.05, 0.1) is 13.2 Å². The molecule has 1 heterocycles. The summed E-state index contributed by atoms with van der Waals surface area (Å²) in [4.78, 5) is 0. The minimum absolute atomic E-state index is 0.208. The predicted molar refractivity (Wildman–Crippen MR) is 70.4 cm³/mol. The first-order valence-corrected chi connectivity index (χ1v) is 6.72. The fourth-order valence-corrected chi connectivity index (χ4v) is 2.19. The SMILES string of the molecule is OCCc1ccc(COCC2CCOCC2)cc1. The molecular weight excluding hydrogens is 228 g/mol. The third kappa shape index (κ3) is 4.41. The second-order valence-corrected chi connectivity index (χ2v) is 4.86. The standard InChI is InChI=1S/C15H22O3/c16-8-5-13-1-3-14(4-2-13)11-18-12-15-6-9-17-10-7-15/h1-4,15-16H,5-12H2. The quantitative estimate of drug-likeness (QED) is 0.841. The average molecular weight is 250 g/mol. The summed E-state index contributed by atoms with van der Waals surface area (Å²) in [5.74, 6) is 0.660. The van der Waals surface area contributed by atoms with Gasteiger partial charge in [0.25, 0.3) is 0 Å². The van der Waals surface area contributed by atoms with Crippen molar-refractivity contribution in [3.05, 3.63) is 35.4 Å². The molecule has 1 N–H and O–H groups in total. The molecule has 0 saturated carbocycles. The summed E-state index contributed by atoms with van der Waals surface area (Å²) in [7, 11) is 0. The minimum atomic E-state index is 0.208. The van der Waals surface area contributed by atoms with E-state index in [2.05, 4.69) is 24.3 Å². The van der Waals surface area contributed by atoms with Crippen LogP contribution in [0.15, 0.2) is 24.3 Å². The van der Waals surface area contributed by atoms with E-state index in [9.17, 15) is 0 Å². The van der Waals surface area contributed by atoms with Crippen LogP contribution in [0.4, 0.5) is 0 Å². The van der Waals surface area contributed by atoms with Crippen molar-refractivity contribution in [1.29, 1.82) is 0 Å². The summed E-state index contributed by atoms with van der Waals surface area (Å²) in [5.41, 5.74) is 2.37. The number of benzene rings is 1. The van der Waals surface area contributed by atoms with Crippen LogP contribution in [0.25, 0.3) is 0 Å². The lowest BCUT2D eigenvalue weighted by atomic mass is 10.0. The highest BCUT2D eigenvalue weighted by molar-refractivity contribution is 5.22. The van der Waals surface area contributed by atoms with Crippen LogP contribution in [0.5, 0.6) is 0 Å². The average Bonchev–Trinajstić information content (AvgIpc) is 2.42. The first-order valence-electron chi connectivity index (χ1n) is 6.72. The van der Waals surface area contributed by atoms with Crippen molar-refractivity contribution < 1.29 is 14.6 Å². The smallest absolute Gasteiger partial charge is 0.0717 e. The summed E-state index contributed by atoms with van der Waals surface area (Å²) in [6.45, 7) is 3.48. The molecule has 0 aromatic heterocycles. The molecule has 3 nitrogen and oxygen atoms in total. The van der Waals surface area contributed by atoms with E-state index in [0.29, 0.717) is 12.5 Å². The lowest BCUT2D eigenvalue weighted by Gasteiger charge is -2.21. The third-order valence-electron chi connectivity index (χ3n) is 3.39. The van der Waals surface area contributed by atoms with Crippen LogP contribution in [-0.2, 0) is 22.5 Å². The Bertz CT molecular complexity index is 328. The third-order valence-corrected chi connectivity index (χ3v) is 3.39. The van der Waals surface area contributed by atoms with Gasteiger partial charge in [0.1, 0.15) is 0 Å². The van der Waals surface area contributed by atoms with Gasteiger partial charge in [-0.2, -0.15) is 0 Å². The molecule has 1 aromatic rings. The molecule has 0 spiro atoms. The van der Waals surface area contributed by atoms with Crippen molar-refractivity contribution in [1.82, 2.24) is 0 Å². The normalized spacial score (nSPS) is 16.9. The number of hydrogen-bond donors (Lipinski definition) is 1. The van der Waals surface area contributed by atoms with Gasteiger partial charge in [-0.1, -0.05) is 24.3 Å². The molecule has 2 rings (SSSR count). The molecule has 0 aliphatic carbocycles. The molecule has 0 bridgehead atoms. The van der Waals surface area contributed by atoms with Gasteiger partial charge in [0.15, 0.2) is 0 Å². The lowest BCUT2D eigenvalue weighted by molar-refractivity contribution is 0.0157. The highest BCUT2D eigenvalue weighted by Gasteiger charge is 2.13. The topological polar surface area (TPSA) is 38.7 Å². The maximum absolute atomic E-state index is 8.84. The first kappa shape index (κ1) is 13.5. The molecule has 0 radical (unpaired) electrons. The van der Waals surface area contributed by atoms with Gasteiger partial charge in [-0.25, -0.2) is 0 Å². The van der Waals surface area contributed by atoms with Gasteiger partial charge in [-0.3, -0.25) is 0 Å². The maximum Gasteiger partial charge on any atom is 0.0717 e. The number of rotatable bonds is 6. The Labute approximate surface area is 109 Å². The molecule has 1 aliphatic heterocycles. The number of ether oxygens (including phenoxy) is 2. The van der Waals surface area contributed by atoms with E-state index in [1.54, 1.807) is 0 Å². The number of hydrogen-bond acceptors (Lipinski definition) is 3. The summed E-state index contributed by atoms with van der Waals surface area (Å²) in [5, 5.41) is 8.84. The van der Waals surface area contributed by atoms with Gasteiger partial charge in [-0.15, -0.1) is 0 Å². The Morgan fingerprint density at radius 3 is 2.44 bits per heavy atom. The monoisotopic (exact) mass is 250 g/mol. The Morgan fingerprint density at radius 2 is 1.78 bits per heavy atom. The molecule has 0 atom stereocenters. The van der Waals surface area contributed by atoms with E-state index in [4.69, 9.17) is 14.6 Å².